The molecule has 5 heteroatoms. The highest BCUT2D eigenvalue weighted by atomic mass is 79.9. The lowest BCUT2D eigenvalue weighted by Crippen LogP contribution is -2.60. The molecule has 1 saturated heterocycles. The molecular formula is C20H31BrN2O2. The van der Waals surface area contributed by atoms with Gasteiger partial charge in [0, 0.05) is 24.0 Å². The van der Waals surface area contributed by atoms with E-state index in [1.807, 2.05) is 4.90 Å². The van der Waals surface area contributed by atoms with Gasteiger partial charge in [-0.05, 0) is 69.6 Å². The average Bonchev–Trinajstić information content (AvgIpc) is 2.57. The van der Waals surface area contributed by atoms with Crippen molar-refractivity contribution in [3.8, 4) is 0 Å². The molecular weight excluding hydrogens is 380 g/mol. The van der Waals surface area contributed by atoms with E-state index in [9.17, 15) is 9.59 Å². The van der Waals surface area contributed by atoms with Crippen LogP contribution in [-0.2, 0) is 9.59 Å². The van der Waals surface area contributed by atoms with Crippen LogP contribution in [0.2, 0.25) is 0 Å². The second-order valence-corrected chi connectivity index (χ2v) is 11.0. The number of alkyl halides is 1. The molecule has 3 atom stereocenters. The molecule has 0 aromatic heterocycles. The summed E-state index contributed by atoms with van der Waals surface area (Å²) >= 11 is 4.01. The zero-order valence-electron chi connectivity index (χ0n) is 15.4. The molecule has 0 aromatic carbocycles. The molecule has 5 fully saturated rings. The van der Waals surface area contributed by atoms with Gasteiger partial charge in [-0.1, -0.05) is 22.9 Å². The summed E-state index contributed by atoms with van der Waals surface area (Å²) in [7, 11) is 0. The van der Waals surface area contributed by atoms with Gasteiger partial charge in [-0.2, -0.15) is 0 Å². The zero-order chi connectivity index (χ0) is 17.7. The van der Waals surface area contributed by atoms with Crippen molar-refractivity contribution < 1.29 is 9.59 Å². The van der Waals surface area contributed by atoms with Crippen LogP contribution in [0, 0.1) is 23.2 Å². The van der Waals surface area contributed by atoms with Crippen LogP contribution in [0.1, 0.15) is 64.7 Å². The Hall–Kier alpha value is -0.580. The van der Waals surface area contributed by atoms with Crippen molar-refractivity contribution in [1.29, 1.82) is 0 Å². The Labute approximate surface area is 159 Å². The number of carbonyl (C=O) groups excluding carboxylic acids is 2. The largest absolute Gasteiger partial charge is 0.356 e. The van der Waals surface area contributed by atoms with Crippen molar-refractivity contribution in [2.75, 3.05) is 19.6 Å². The number of halogens is 1. The van der Waals surface area contributed by atoms with Gasteiger partial charge in [0.1, 0.15) is 0 Å². The van der Waals surface area contributed by atoms with Crippen LogP contribution >= 0.6 is 15.9 Å². The van der Waals surface area contributed by atoms with Crippen LogP contribution in [0.25, 0.3) is 0 Å². The number of hydrogen-bond acceptors (Lipinski definition) is 2. The Balaban J connectivity index is 1.46. The van der Waals surface area contributed by atoms with Gasteiger partial charge in [0.2, 0.25) is 11.8 Å². The number of amides is 2. The standard InChI is InChI=1S/C20H31BrN2O2/c1-2-5-22-17(24)16-4-3-6-23(12-16)18(25)19-8-14-7-15(9-19)11-20(21,10-14)13-19/h14-16H,2-13H2,1H3,(H,22,24)/t14-,15-,16+,19?,20?/m1/s1. The highest BCUT2D eigenvalue weighted by molar-refractivity contribution is 9.10. The molecule has 4 aliphatic carbocycles. The maximum atomic E-state index is 13.5. The van der Waals surface area contributed by atoms with E-state index in [-0.39, 0.29) is 21.6 Å². The quantitative estimate of drug-likeness (QED) is 0.721. The molecule has 0 spiro atoms. The summed E-state index contributed by atoms with van der Waals surface area (Å²) in [4.78, 5) is 28.0. The first-order valence-corrected chi connectivity index (χ1v) is 11.0. The lowest BCUT2D eigenvalue weighted by molar-refractivity contribution is -0.158. The second-order valence-electron chi connectivity index (χ2n) is 9.27. The van der Waals surface area contributed by atoms with Crippen LogP contribution in [0.15, 0.2) is 0 Å². The highest BCUT2D eigenvalue weighted by Gasteiger charge is 2.60. The van der Waals surface area contributed by atoms with E-state index in [0.717, 1.165) is 63.5 Å². The summed E-state index contributed by atoms with van der Waals surface area (Å²) in [6.07, 6.45) is 9.83. The Morgan fingerprint density at radius 1 is 1.20 bits per heavy atom. The first-order valence-electron chi connectivity index (χ1n) is 10.2. The maximum Gasteiger partial charge on any atom is 0.228 e. The van der Waals surface area contributed by atoms with E-state index in [2.05, 4.69) is 28.2 Å². The Kier molecular flexibility index (Phi) is 4.66. The molecule has 5 rings (SSSR count). The third-order valence-electron chi connectivity index (χ3n) is 7.07. The van der Waals surface area contributed by atoms with Gasteiger partial charge in [0.15, 0.2) is 0 Å². The van der Waals surface area contributed by atoms with Crippen LogP contribution in [0.3, 0.4) is 0 Å². The Morgan fingerprint density at radius 2 is 1.92 bits per heavy atom. The molecule has 1 heterocycles. The second kappa shape index (κ2) is 6.54. The summed E-state index contributed by atoms with van der Waals surface area (Å²) in [5.41, 5.74) is -0.143. The first kappa shape index (κ1) is 17.8. The monoisotopic (exact) mass is 410 g/mol. The van der Waals surface area contributed by atoms with Crippen molar-refractivity contribution in [3.63, 3.8) is 0 Å². The van der Waals surface area contributed by atoms with Crippen LogP contribution in [0.4, 0.5) is 0 Å². The summed E-state index contributed by atoms with van der Waals surface area (Å²) in [5, 5.41) is 3.02. The molecule has 1 N–H and O–H groups in total. The first-order chi connectivity index (χ1) is 11.9. The number of hydrogen-bond donors (Lipinski definition) is 1. The van der Waals surface area contributed by atoms with Crippen molar-refractivity contribution >= 4 is 27.7 Å². The third kappa shape index (κ3) is 3.26. The molecule has 1 aliphatic heterocycles. The van der Waals surface area contributed by atoms with Crippen LogP contribution in [-0.4, -0.2) is 40.7 Å². The molecule has 140 valence electrons. The Bertz CT molecular complexity index is 550. The fourth-order valence-electron chi connectivity index (χ4n) is 6.50. The fourth-order valence-corrected chi connectivity index (χ4v) is 7.96. The van der Waals surface area contributed by atoms with Crippen molar-refractivity contribution in [1.82, 2.24) is 10.2 Å². The van der Waals surface area contributed by atoms with E-state index >= 15 is 0 Å². The lowest BCUT2D eigenvalue weighted by Gasteiger charge is -2.60. The average molecular weight is 411 g/mol. The van der Waals surface area contributed by atoms with Crippen LogP contribution < -0.4 is 5.32 Å². The molecule has 0 unspecified atom stereocenters. The number of piperidine rings is 1. The molecule has 2 amide bonds. The van der Waals surface area contributed by atoms with Crippen molar-refractivity contribution in [2.45, 2.75) is 69.0 Å². The smallest absolute Gasteiger partial charge is 0.228 e. The normalized spacial score (nSPS) is 42.5. The van der Waals surface area contributed by atoms with Gasteiger partial charge in [-0.3, -0.25) is 9.59 Å². The highest BCUT2D eigenvalue weighted by Crippen LogP contribution is 2.64. The minimum atomic E-state index is -0.143. The van der Waals surface area contributed by atoms with Gasteiger partial charge in [-0.25, -0.2) is 0 Å². The number of nitrogens with zero attached hydrogens (tertiary/aromatic N) is 1. The lowest BCUT2D eigenvalue weighted by atomic mass is 9.49. The van der Waals surface area contributed by atoms with Gasteiger partial charge in [0.05, 0.1) is 11.3 Å². The van der Waals surface area contributed by atoms with Crippen molar-refractivity contribution in [3.05, 3.63) is 0 Å². The predicted molar refractivity (Wildman–Crippen MR) is 101 cm³/mol. The van der Waals surface area contributed by atoms with Gasteiger partial charge >= 0.3 is 0 Å². The van der Waals surface area contributed by atoms with E-state index in [4.69, 9.17) is 0 Å². The summed E-state index contributed by atoms with van der Waals surface area (Å²) < 4.78 is 0.209. The topological polar surface area (TPSA) is 49.4 Å². The molecule has 4 saturated carbocycles. The van der Waals surface area contributed by atoms with E-state index in [1.165, 1.54) is 19.3 Å². The predicted octanol–water partition coefficient (Wildman–Crippen LogP) is 3.49. The van der Waals surface area contributed by atoms with E-state index in [1.54, 1.807) is 0 Å². The van der Waals surface area contributed by atoms with Crippen LogP contribution in [0.5, 0.6) is 0 Å². The summed E-state index contributed by atoms with van der Waals surface area (Å²) in [6.45, 7) is 4.27. The van der Waals surface area contributed by atoms with Gasteiger partial charge in [0.25, 0.3) is 0 Å². The molecule has 0 radical (unpaired) electrons. The number of carbonyl (C=O) groups is 2. The van der Waals surface area contributed by atoms with E-state index in [0.29, 0.717) is 12.5 Å². The SMILES string of the molecule is CCCNC(=O)[C@H]1CCCN(C(=O)C23C[C@H]4C[C@@H](CC(Br)(C4)C2)C3)C1. The van der Waals surface area contributed by atoms with Gasteiger partial charge in [-0.15, -0.1) is 0 Å². The number of nitrogens with one attached hydrogen (secondary N) is 1. The molecule has 4 nitrogen and oxygen atoms in total. The molecule has 0 aromatic rings. The summed E-state index contributed by atoms with van der Waals surface area (Å²) in [6, 6.07) is 0. The summed E-state index contributed by atoms with van der Waals surface area (Å²) in [5.74, 6) is 1.92. The third-order valence-corrected chi connectivity index (χ3v) is 8.00. The molecule has 5 aliphatic rings. The number of likely N-dealkylation sites (tertiary alicyclic amines) is 1. The van der Waals surface area contributed by atoms with E-state index < -0.39 is 0 Å². The minimum Gasteiger partial charge on any atom is -0.356 e. The van der Waals surface area contributed by atoms with Gasteiger partial charge < -0.3 is 10.2 Å². The number of rotatable bonds is 4. The van der Waals surface area contributed by atoms with Crippen molar-refractivity contribution in [2.24, 2.45) is 23.2 Å². The fraction of sp³-hybridized carbons (Fsp3) is 0.900. The zero-order valence-corrected chi connectivity index (χ0v) is 16.9. The molecule has 4 bridgehead atoms. The molecule has 25 heavy (non-hydrogen) atoms. The maximum absolute atomic E-state index is 13.5. The Morgan fingerprint density at radius 3 is 2.56 bits per heavy atom. The minimum absolute atomic E-state index is 0.0175.